The van der Waals surface area contributed by atoms with Crippen LogP contribution in [0, 0.1) is 5.82 Å². The van der Waals surface area contributed by atoms with Gasteiger partial charge in [-0.3, -0.25) is 4.79 Å². The molecule has 1 heterocycles. The van der Waals surface area contributed by atoms with Gasteiger partial charge >= 0.3 is 0 Å². The summed E-state index contributed by atoms with van der Waals surface area (Å²) in [7, 11) is -0.715. The van der Waals surface area contributed by atoms with Gasteiger partial charge in [0, 0.05) is 25.1 Å². The Balaban J connectivity index is 1.88. The van der Waals surface area contributed by atoms with E-state index in [9.17, 15) is 17.6 Å². The SMILES string of the molecule is CCc1cc2c(cc1S(=O)(=O)CC=C(N)C(=S)NC)C(CNC(=O)c1cc(F)ccc1OC)CCO2. The highest BCUT2D eigenvalue weighted by atomic mass is 32.2. The van der Waals surface area contributed by atoms with Crippen LogP contribution in [0.4, 0.5) is 4.39 Å². The Kier molecular flexibility index (Phi) is 8.91. The number of rotatable bonds is 9. The van der Waals surface area contributed by atoms with E-state index in [0.29, 0.717) is 36.3 Å². The van der Waals surface area contributed by atoms with Crippen molar-refractivity contribution in [3.63, 3.8) is 0 Å². The van der Waals surface area contributed by atoms with Crippen LogP contribution < -0.4 is 25.8 Å². The lowest BCUT2D eigenvalue weighted by Crippen LogP contribution is -2.31. The first kappa shape index (κ1) is 27.4. The molecule has 8 nitrogen and oxygen atoms in total. The molecule has 2 aromatic carbocycles. The quantitative estimate of drug-likeness (QED) is 0.331. The van der Waals surface area contributed by atoms with E-state index in [0.717, 1.165) is 6.07 Å². The molecule has 0 bridgehead atoms. The van der Waals surface area contributed by atoms with E-state index in [1.54, 1.807) is 19.2 Å². The van der Waals surface area contributed by atoms with Crippen LogP contribution in [0.3, 0.4) is 0 Å². The maximum atomic E-state index is 13.7. The van der Waals surface area contributed by atoms with Crippen molar-refractivity contribution < 1.29 is 27.1 Å². The second-order valence-corrected chi connectivity index (χ2v) is 10.7. The molecule has 0 aromatic heterocycles. The monoisotopic (exact) mass is 535 g/mol. The molecule has 1 aliphatic rings. The van der Waals surface area contributed by atoms with E-state index in [-0.39, 0.29) is 45.1 Å². The number of carbonyl (C=O) groups excluding carboxylic acids is 1. The number of nitrogens with two attached hydrogens (primary N) is 1. The number of sulfone groups is 1. The number of likely N-dealkylation sites (N-methyl/N-ethyl adjacent to an activating group) is 1. The summed E-state index contributed by atoms with van der Waals surface area (Å²) in [6.45, 7) is 2.50. The molecule has 36 heavy (non-hydrogen) atoms. The maximum absolute atomic E-state index is 13.7. The second-order valence-electron chi connectivity index (χ2n) is 8.26. The molecule has 11 heteroatoms. The van der Waals surface area contributed by atoms with Gasteiger partial charge in [-0.25, -0.2) is 12.8 Å². The van der Waals surface area contributed by atoms with E-state index in [2.05, 4.69) is 10.6 Å². The molecule has 2 aromatic rings. The lowest BCUT2D eigenvalue weighted by Gasteiger charge is -2.28. The lowest BCUT2D eigenvalue weighted by molar-refractivity contribution is 0.0944. The van der Waals surface area contributed by atoms with Crippen molar-refractivity contribution >= 4 is 33.0 Å². The predicted octanol–water partition coefficient (Wildman–Crippen LogP) is 2.86. The van der Waals surface area contributed by atoms with Crippen LogP contribution in [0.15, 0.2) is 47.0 Å². The molecule has 1 amide bonds. The Morgan fingerprint density at radius 3 is 2.75 bits per heavy atom. The summed E-state index contributed by atoms with van der Waals surface area (Å²) in [5.74, 6) is -0.704. The summed E-state index contributed by atoms with van der Waals surface area (Å²) < 4.78 is 51.2. The van der Waals surface area contributed by atoms with Crippen molar-refractivity contribution in [2.24, 2.45) is 5.73 Å². The van der Waals surface area contributed by atoms with Gasteiger partial charge in [0.1, 0.15) is 22.3 Å². The van der Waals surface area contributed by atoms with Crippen LogP contribution in [-0.4, -0.2) is 52.4 Å². The van der Waals surface area contributed by atoms with E-state index in [1.807, 2.05) is 6.92 Å². The van der Waals surface area contributed by atoms with Crippen molar-refractivity contribution in [2.45, 2.75) is 30.6 Å². The summed E-state index contributed by atoms with van der Waals surface area (Å²) >= 11 is 5.06. The van der Waals surface area contributed by atoms with Crippen molar-refractivity contribution in [1.29, 1.82) is 0 Å². The Labute approximate surface area is 216 Å². The fourth-order valence-electron chi connectivity index (χ4n) is 4.00. The van der Waals surface area contributed by atoms with Gasteiger partial charge < -0.3 is 25.8 Å². The Hall–Kier alpha value is -3.18. The molecular formula is C25H30FN3O5S2. The van der Waals surface area contributed by atoms with Gasteiger partial charge in [0.25, 0.3) is 5.91 Å². The van der Waals surface area contributed by atoms with Crippen molar-refractivity contribution in [3.8, 4) is 11.5 Å². The second kappa shape index (κ2) is 11.7. The maximum Gasteiger partial charge on any atom is 0.255 e. The summed E-state index contributed by atoms with van der Waals surface area (Å²) in [5, 5.41) is 5.54. The lowest BCUT2D eigenvalue weighted by atomic mass is 9.91. The normalized spacial score (nSPS) is 15.4. The number of hydrogen-bond donors (Lipinski definition) is 3. The van der Waals surface area contributed by atoms with Crippen LogP contribution in [0.5, 0.6) is 11.5 Å². The summed E-state index contributed by atoms with van der Waals surface area (Å²) in [6, 6.07) is 7.09. The molecule has 0 spiro atoms. The largest absolute Gasteiger partial charge is 0.496 e. The highest BCUT2D eigenvalue weighted by molar-refractivity contribution is 7.91. The molecule has 3 rings (SSSR count). The molecule has 0 fully saturated rings. The van der Waals surface area contributed by atoms with Gasteiger partial charge in [-0.1, -0.05) is 19.1 Å². The third kappa shape index (κ3) is 6.14. The highest BCUT2D eigenvalue weighted by Crippen LogP contribution is 2.37. The van der Waals surface area contributed by atoms with E-state index in [4.69, 9.17) is 27.4 Å². The summed E-state index contributed by atoms with van der Waals surface area (Å²) in [4.78, 5) is 13.2. The first-order valence-corrected chi connectivity index (χ1v) is 13.5. The van der Waals surface area contributed by atoms with E-state index in [1.165, 1.54) is 25.3 Å². The number of amides is 1. The van der Waals surface area contributed by atoms with E-state index >= 15 is 0 Å². The first-order chi connectivity index (χ1) is 17.1. The average Bonchev–Trinajstić information content (AvgIpc) is 2.88. The number of nitrogens with one attached hydrogen (secondary N) is 2. The van der Waals surface area contributed by atoms with Gasteiger partial charge in [0.15, 0.2) is 9.84 Å². The molecule has 0 radical (unpaired) electrons. The van der Waals surface area contributed by atoms with Crippen LogP contribution in [0.25, 0.3) is 0 Å². The Morgan fingerprint density at radius 2 is 2.08 bits per heavy atom. The van der Waals surface area contributed by atoms with Crippen LogP contribution in [0.1, 0.15) is 40.7 Å². The molecule has 194 valence electrons. The van der Waals surface area contributed by atoms with Gasteiger partial charge in [0.2, 0.25) is 0 Å². The Morgan fingerprint density at radius 1 is 1.33 bits per heavy atom. The van der Waals surface area contributed by atoms with Crippen LogP contribution in [-0.2, 0) is 16.3 Å². The molecular weight excluding hydrogens is 505 g/mol. The average molecular weight is 536 g/mol. The number of halogens is 1. The first-order valence-electron chi connectivity index (χ1n) is 11.4. The molecule has 1 unspecified atom stereocenters. The third-order valence-corrected chi connectivity index (χ3v) is 8.10. The minimum absolute atomic E-state index is 0.0817. The fourth-order valence-corrected chi connectivity index (χ4v) is 5.57. The number of benzene rings is 2. The van der Waals surface area contributed by atoms with Gasteiger partial charge in [0.05, 0.1) is 35.6 Å². The molecule has 1 atom stereocenters. The number of fused-ring (bicyclic) bond motifs is 1. The van der Waals surface area contributed by atoms with Crippen molar-refractivity contribution in [3.05, 3.63) is 64.6 Å². The summed E-state index contributed by atoms with van der Waals surface area (Å²) in [5.41, 5.74) is 7.45. The van der Waals surface area contributed by atoms with Crippen LogP contribution >= 0.6 is 12.2 Å². The smallest absolute Gasteiger partial charge is 0.255 e. The number of aryl methyl sites for hydroxylation is 1. The fraction of sp³-hybridized carbons (Fsp3) is 0.360. The molecule has 1 aliphatic heterocycles. The molecule has 0 saturated carbocycles. The predicted molar refractivity (Wildman–Crippen MR) is 140 cm³/mol. The van der Waals surface area contributed by atoms with Gasteiger partial charge in [-0.2, -0.15) is 0 Å². The van der Waals surface area contributed by atoms with Crippen molar-refractivity contribution in [1.82, 2.24) is 10.6 Å². The number of thiocarbonyl (C=S) groups is 1. The zero-order chi connectivity index (χ0) is 26.5. The minimum Gasteiger partial charge on any atom is -0.496 e. The Bertz CT molecular complexity index is 1290. The topological polar surface area (TPSA) is 120 Å². The summed E-state index contributed by atoms with van der Waals surface area (Å²) in [6.07, 6.45) is 2.44. The van der Waals surface area contributed by atoms with Gasteiger partial charge in [-0.15, -0.1) is 0 Å². The van der Waals surface area contributed by atoms with E-state index < -0.39 is 21.6 Å². The highest BCUT2D eigenvalue weighted by Gasteiger charge is 2.28. The minimum atomic E-state index is -3.73. The molecule has 0 saturated heterocycles. The molecule has 4 N–H and O–H groups in total. The van der Waals surface area contributed by atoms with Crippen molar-refractivity contribution in [2.75, 3.05) is 33.1 Å². The van der Waals surface area contributed by atoms with Crippen LogP contribution in [0.2, 0.25) is 0 Å². The zero-order valence-electron chi connectivity index (χ0n) is 20.4. The zero-order valence-corrected chi connectivity index (χ0v) is 22.0. The molecule has 0 aliphatic carbocycles. The number of ether oxygens (including phenoxy) is 2. The number of carbonyl (C=O) groups is 1. The number of methoxy groups -OCH3 is 1. The number of hydrogen-bond acceptors (Lipinski definition) is 7. The van der Waals surface area contributed by atoms with Gasteiger partial charge in [-0.05, 0) is 54.8 Å². The third-order valence-electron chi connectivity index (χ3n) is 6.00. The standard InChI is InChI=1S/C25H30FN3O5S2/c1-4-15-11-22-18(13-23(15)36(31,32)10-8-20(27)25(35)28-2)16(7-9-34-22)14-29-24(30)19-12-17(26)5-6-21(19)33-3/h5-6,8,11-13,16H,4,7,9-10,14,27H2,1-3H3,(H,28,35)(H,29,30).